The van der Waals surface area contributed by atoms with E-state index in [4.69, 9.17) is 4.74 Å². The van der Waals surface area contributed by atoms with Crippen LogP contribution in [-0.4, -0.2) is 35.1 Å². The molecule has 0 aliphatic rings. The minimum Gasteiger partial charge on any atom is -0.497 e. The van der Waals surface area contributed by atoms with Crippen molar-refractivity contribution in [1.29, 1.82) is 0 Å². The summed E-state index contributed by atoms with van der Waals surface area (Å²) in [5, 5.41) is 12.8. The Kier molecular flexibility index (Phi) is 5.94. The van der Waals surface area contributed by atoms with Crippen molar-refractivity contribution in [3.63, 3.8) is 0 Å². The van der Waals surface area contributed by atoms with Crippen LogP contribution in [0.4, 0.5) is 5.69 Å². The molecule has 0 unspecified atom stereocenters. The van der Waals surface area contributed by atoms with Crippen molar-refractivity contribution >= 4 is 34.0 Å². The molecule has 0 heterocycles. The summed E-state index contributed by atoms with van der Waals surface area (Å²) in [5.74, 6) is 0.242. The lowest BCUT2D eigenvalue weighted by atomic mass is 10.1. The van der Waals surface area contributed by atoms with Gasteiger partial charge in [-0.2, -0.15) is 0 Å². The predicted molar refractivity (Wildman–Crippen MR) is 93.6 cm³/mol. The normalized spacial score (nSPS) is 12.1. The van der Waals surface area contributed by atoms with Crippen LogP contribution in [0.1, 0.15) is 10.4 Å². The zero-order chi connectivity index (χ0) is 16.7. The molecule has 0 amide bonds. The monoisotopic (exact) mass is 328 g/mol. The predicted octanol–water partition coefficient (Wildman–Crippen LogP) is 3.80. The van der Waals surface area contributed by atoms with Crippen molar-refractivity contribution in [2.75, 3.05) is 13.4 Å². The topological polar surface area (TPSA) is 71.2 Å². The highest BCUT2D eigenvalue weighted by atomic mass is 32.2. The minimum absolute atomic E-state index is 0.0912. The number of hydrogen-bond acceptors (Lipinski definition) is 6. The van der Waals surface area contributed by atoms with Crippen LogP contribution in [-0.2, 0) is 0 Å². The highest BCUT2D eigenvalue weighted by Crippen LogP contribution is 2.17. The molecule has 2 aromatic rings. The van der Waals surface area contributed by atoms with Crippen LogP contribution in [0.3, 0.4) is 0 Å². The third kappa shape index (κ3) is 4.20. The maximum atomic E-state index is 12.5. The summed E-state index contributed by atoms with van der Waals surface area (Å²) >= 11 is 1.24. The Morgan fingerprint density at radius 3 is 2.26 bits per heavy atom. The molecule has 23 heavy (non-hydrogen) atoms. The molecule has 0 aromatic heterocycles. The van der Waals surface area contributed by atoms with Crippen LogP contribution in [0, 0.1) is 0 Å². The van der Waals surface area contributed by atoms with E-state index in [9.17, 15) is 10.0 Å². The van der Waals surface area contributed by atoms with Gasteiger partial charge in [-0.05, 0) is 42.7 Å². The number of aliphatic imine (C=N–C) groups is 1. The van der Waals surface area contributed by atoms with Crippen LogP contribution < -0.4 is 4.74 Å². The molecule has 6 heteroatoms. The Hall–Kier alpha value is -2.60. The maximum absolute atomic E-state index is 12.5. The minimum atomic E-state index is -0.404. The Balaban J connectivity index is 2.33. The van der Waals surface area contributed by atoms with Crippen LogP contribution in [0.2, 0.25) is 0 Å². The van der Waals surface area contributed by atoms with Crippen LogP contribution in [0.15, 0.2) is 64.7 Å². The lowest BCUT2D eigenvalue weighted by molar-refractivity contribution is 0.106. The molecule has 118 valence electrons. The van der Waals surface area contributed by atoms with E-state index in [-0.39, 0.29) is 5.71 Å². The van der Waals surface area contributed by atoms with Gasteiger partial charge in [-0.25, -0.2) is 4.99 Å². The van der Waals surface area contributed by atoms with Crippen molar-refractivity contribution in [3.05, 3.63) is 60.2 Å². The van der Waals surface area contributed by atoms with Crippen molar-refractivity contribution < 1.29 is 14.7 Å². The fourth-order valence-corrected chi connectivity index (χ4v) is 2.40. The molecule has 0 aliphatic carbocycles. The maximum Gasteiger partial charge on any atom is 0.217 e. The first-order chi connectivity index (χ1) is 11.2. The highest BCUT2D eigenvalue weighted by Gasteiger charge is 2.20. The number of ether oxygens (including phenoxy) is 1. The first-order valence-corrected chi connectivity index (χ1v) is 8.01. The Bertz CT molecular complexity index is 725. The Morgan fingerprint density at radius 1 is 1.09 bits per heavy atom. The molecule has 0 fully saturated rings. The van der Waals surface area contributed by atoms with Gasteiger partial charge >= 0.3 is 0 Å². The zero-order valence-electron chi connectivity index (χ0n) is 12.8. The van der Waals surface area contributed by atoms with E-state index < -0.39 is 5.78 Å². The molecule has 0 saturated heterocycles. The number of oxime groups is 1. The zero-order valence-corrected chi connectivity index (χ0v) is 13.6. The van der Waals surface area contributed by atoms with Gasteiger partial charge in [0.05, 0.1) is 12.8 Å². The van der Waals surface area contributed by atoms with Crippen molar-refractivity contribution in [2.24, 2.45) is 10.1 Å². The lowest BCUT2D eigenvalue weighted by Crippen LogP contribution is -2.22. The second-order valence-electron chi connectivity index (χ2n) is 4.46. The van der Waals surface area contributed by atoms with E-state index in [2.05, 4.69) is 10.1 Å². The van der Waals surface area contributed by atoms with Gasteiger partial charge in [0.25, 0.3) is 0 Å². The van der Waals surface area contributed by atoms with Gasteiger partial charge in [0, 0.05) is 5.56 Å². The number of Topliss-reactive ketones (excluding diaryl/α,β-unsaturated/α-hetero) is 1. The number of para-hydroxylation sites is 1. The van der Waals surface area contributed by atoms with E-state index in [1.807, 2.05) is 30.3 Å². The number of methoxy groups -OCH3 is 1. The van der Waals surface area contributed by atoms with E-state index in [1.54, 1.807) is 37.6 Å². The number of nitrogens with zero attached hydrogens (tertiary/aromatic N) is 2. The summed E-state index contributed by atoms with van der Waals surface area (Å²) in [6.07, 6.45) is 1.77. The molecular formula is C17H16N2O3S. The fourth-order valence-electron chi connectivity index (χ4n) is 1.88. The summed E-state index contributed by atoms with van der Waals surface area (Å²) in [6, 6.07) is 15.8. The number of carbonyl (C=O) groups excluding carboxylic acids is 1. The van der Waals surface area contributed by atoms with E-state index in [0.717, 1.165) is 0 Å². The summed E-state index contributed by atoms with van der Waals surface area (Å²) < 4.78 is 5.06. The largest absolute Gasteiger partial charge is 0.497 e. The first-order valence-electron chi connectivity index (χ1n) is 6.78. The quantitative estimate of drug-likeness (QED) is 0.298. The highest BCUT2D eigenvalue weighted by molar-refractivity contribution is 8.15. The second-order valence-corrected chi connectivity index (χ2v) is 5.26. The summed E-state index contributed by atoms with van der Waals surface area (Å²) in [5.41, 5.74) is 0.987. The van der Waals surface area contributed by atoms with Crippen LogP contribution in [0.25, 0.3) is 0 Å². The first kappa shape index (κ1) is 16.8. The fraction of sp³-hybridized carbons (Fsp3) is 0.118. The van der Waals surface area contributed by atoms with Crippen molar-refractivity contribution in [1.82, 2.24) is 0 Å². The number of ketones is 1. The van der Waals surface area contributed by atoms with Gasteiger partial charge < -0.3 is 9.94 Å². The van der Waals surface area contributed by atoms with E-state index in [0.29, 0.717) is 22.0 Å². The third-order valence-electron chi connectivity index (χ3n) is 3.05. The molecule has 0 spiro atoms. The van der Waals surface area contributed by atoms with E-state index >= 15 is 0 Å². The third-order valence-corrected chi connectivity index (χ3v) is 3.72. The Labute approximate surface area is 138 Å². The molecule has 0 aliphatic heterocycles. The molecular weight excluding hydrogens is 312 g/mol. The number of benzene rings is 2. The molecule has 0 saturated carbocycles. The summed E-state index contributed by atoms with van der Waals surface area (Å²) in [4.78, 5) is 16.9. The van der Waals surface area contributed by atoms with Crippen LogP contribution >= 0.6 is 11.8 Å². The molecule has 5 nitrogen and oxygen atoms in total. The molecule has 2 aromatic carbocycles. The molecule has 2 rings (SSSR count). The lowest BCUT2D eigenvalue weighted by Gasteiger charge is -2.06. The molecule has 0 radical (unpaired) electrons. The number of carbonyl (C=O) groups is 1. The number of thioether (sulfide) groups is 1. The van der Waals surface area contributed by atoms with Gasteiger partial charge in [0.2, 0.25) is 5.78 Å². The molecule has 1 N–H and O–H groups in total. The van der Waals surface area contributed by atoms with Crippen molar-refractivity contribution in [2.45, 2.75) is 0 Å². The van der Waals surface area contributed by atoms with Gasteiger partial charge in [-0.3, -0.25) is 4.79 Å². The summed E-state index contributed by atoms with van der Waals surface area (Å²) in [7, 11) is 1.55. The number of hydrogen-bond donors (Lipinski definition) is 1. The molecule has 0 atom stereocenters. The van der Waals surface area contributed by atoms with E-state index in [1.165, 1.54) is 11.8 Å². The van der Waals surface area contributed by atoms with Gasteiger partial charge in [-0.15, -0.1) is 11.8 Å². The van der Waals surface area contributed by atoms with Crippen molar-refractivity contribution in [3.8, 4) is 5.75 Å². The average Bonchev–Trinajstić information content (AvgIpc) is 2.62. The Morgan fingerprint density at radius 2 is 1.74 bits per heavy atom. The smallest absolute Gasteiger partial charge is 0.217 e. The standard InChI is InChI=1S/C17H16N2O3S/c1-22-14-10-8-12(9-11-14)16(20)15(19-21)17(23-2)18-13-6-4-3-5-7-13/h3-11,21H,1-2H3/b18-17?,19-15+. The van der Waals surface area contributed by atoms with Gasteiger partial charge in [0.15, 0.2) is 5.71 Å². The van der Waals surface area contributed by atoms with Gasteiger partial charge in [0.1, 0.15) is 10.8 Å². The SMILES string of the molecule is COc1ccc(C(=O)/C(=N\O)C(=Nc2ccccc2)SC)cc1. The molecule has 0 bridgehead atoms. The number of rotatable bonds is 5. The second kappa shape index (κ2) is 8.14. The van der Waals surface area contributed by atoms with Gasteiger partial charge in [-0.1, -0.05) is 23.4 Å². The summed E-state index contributed by atoms with van der Waals surface area (Å²) in [6.45, 7) is 0. The average molecular weight is 328 g/mol. The van der Waals surface area contributed by atoms with Crippen LogP contribution in [0.5, 0.6) is 5.75 Å².